The molecular formula is C24H20ClNO2. The molecule has 3 nitrogen and oxygen atoms in total. The standard InChI is InChI=1S/C24H20ClNO2/c1-16-7-11-19(12-8-16)23(26-27-15-18-9-13-20(25)14-10-18)24-17(2)21-5-3-4-6-22(21)28-24/h3-14H,15H2,1-2H3/b26-23+. The zero-order valence-electron chi connectivity index (χ0n) is 15.8. The zero-order valence-corrected chi connectivity index (χ0v) is 16.5. The molecule has 0 saturated heterocycles. The maximum absolute atomic E-state index is 6.14. The molecule has 28 heavy (non-hydrogen) atoms. The monoisotopic (exact) mass is 389 g/mol. The first-order chi connectivity index (χ1) is 13.6. The van der Waals surface area contributed by atoms with Gasteiger partial charge in [-0.2, -0.15) is 0 Å². The fourth-order valence-electron chi connectivity index (χ4n) is 3.09. The van der Waals surface area contributed by atoms with Gasteiger partial charge in [-0.15, -0.1) is 0 Å². The molecule has 1 aromatic heterocycles. The Kier molecular flexibility index (Phi) is 5.18. The summed E-state index contributed by atoms with van der Waals surface area (Å²) in [7, 11) is 0. The topological polar surface area (TPSA) is 34.7 Å². The minimum Gasteiger partial charge on any atom is -0.454 e. The van der Waals surface area contributed by atoms with Crippen molar-refractivity contribution in [1.82, 2.24) is 0 Å². The van der Waals surface area contributed by atoms with Crippen LogP contribution in [-0.2, 0) is 11.4 Å². The molecule has 0 atom stereocenters. The van der Waals surface area contributed by atoms with Gasteiger partial charge >= 0.3 is 0 Å². The van der Waals surface area contributed by atoms with Crippen LogP contribution in [0.1, 0.15) is 28.0 Å². The van der Waals surface area contributed by atoms with Gasteiger partial charge in [0.1, 0.15) is 12.2 Å². The Morgan fingerprint density at radius 3 is 2.36 bits per heavy atom. The Morgan fingerprint density at radius 2 is 1.64 bits per heavy atom. The molecule has 0 amide bonds. The van der Waals surface area contributed by atoms with Crippen molar-refractivity contribution in [1.29, 1.82) is 0 Å². The van der Waals surface area contributed by atoms with E-state index >= 15 is 0 Å². The van der Waals surface area contributed by atoms with Crippen LogP contribution >= 0.6 is 11.6 Å². The fourth-order valence-corrected chi connectivity index (χ4v) is 3.21. The second-order valence-corrected chi connectivity index (χ2v) is 7.19. The largest absolute Gasteiger partial charge is 0.454 e. The number of furan rings is 1. The number of halogens is 1. The third-order valence-electron chi connectivity index (χ3n) is 4.68. The number of benzene rings is 3. The van der Waals surface area contributed by atoms with Crippen molar-refractivity contribution in [3.05, 3.63) is 106 Å². The second kappa shape index (κ2) is 7.91. The van der Waals surface area contributed by atoms with Gasteiger partial charge < -0.3 is 9.25 Å². The van der Waals surface area contributed by atoms with Gasteiger partial charge in [-0.3, -0.25) is 0 Å². The van der Waals surface area contributed by atoms with Gasteiger partial charge in [0.05, 0.1) is 0 Å². The average molecular weight is 390 g/mol. The lowest BCUT2D eigenvalue weighted by molar-refractivity contribution is 0.130. The van der Waals surface area contributed by atoms with Gasteiger partial charge in [0.15, 0.2) is 11.5 Å². The molecule has 1 heterocycles. The van der Waals surface area contributed by atoms with E-state index in [9.17, 15) is 0 Å². The number of hydrogen-bond donors (Lipinski definition) is 0. The van der Waals surface area contributed by atoms with Crippen molar-refractivity contribution in [2.45, 2.75) is 20.5 Å². The molecule has 4 rings (SSSR count). The highest BCUT2D eigenvalue weighted by molar-refractivity contribution is 6.30. The first-order valence-corrected chi connectivity index (χ1v) is 9.49. The van der Waals surface area contributed by atoms with Crippen LogP contribution in [0.5, 0.6) is 0 Å². The maximum Gasteiger partial charge on any atom is 0.160 e. The predicted molar refractivity (Wildman–Crippen MR) is 114 cm³/mol. The second-order valence-electron chi connectivity index (χ2n) is 6.76. The summed E-state index contributed by atoms with van der Waals surface area (Å²) in [5.74, 6) is 0.723. The molecule has 0 bridgehead atoms. The van der Waals surface area contributed by atoms with Crippen molar-refractivity contribution in [3.63, 3.8) is 0 Å². The number of oxime groups is 1. The van der Waals surface area contributed by atoms with Gasteiger partial charge in [-0.25, -0.2) is 0 Å². The molecular weight excluding hydrogens is 370 g/mol. The van der Waals surface area contributed by atoms with Crippen molar-refractivity contribution >= 4 is 28.3 Å². The van der Waals surface area contributed by atoms with Crippen molar-refractivity contribution < 1.29 is 9.25 Å². The minimum absolute atomic E-state index is 0.353. The molecule has 4 aromatic rings. The Balaban J connectivity index is 1.71. The van der Waals surface area contributed by atoms with Crippen molar-refractivity contribution in [3.8, 4) is 0 Å². The predicted octanol–water partition coefficient (Wildman–Crippen LogP) is 6.67. The zero-order chi connectivity index (χ0) is 19.5. The van der Waals surface area contributed by atoms with E-state index in [2.05, 4.69) is 30.3 Å². The third-order valence-corrected chi connectivity index (χ3v) is 4.94. The van der Waals surface area contributed by atoms with E-state index in [1.165, 1.54) is 5.56 Å². The number of fused-ring (bicyclic) bond motifs is 1. The van der Waals surface area contributed by atoms with Gasteiger partial charge in [-0.05, 0) is 37.6 Å². The Morgan fingerprint density at radius 1 is 0.929 bits per heavy atom. The molecule has 0 aliphatic rings. The summed E-state index contributed by atoms with van der Waals surface area (Å²) in [5, 5.41) is 6.24. The molecule has 4 heteroatoms. The van der Waals surface area contributed by atoms with E-state index in [0.717, 1.165) is 33.4 Å². The van der Waals surface area contributed by atoms with Crippen LogP contribution in [0.2, 0.25) is 5.02 Å². The maximum atomic E-state index is 6.14. The number of nitrogens with zero attached hydrogens (tertiary/aromatic N) is 1. The van der Waals surface area contributed by atoms with Crippen LogP contribution in [0.4, 0.5) is 0 Å². The third kappa shape index (κ3) is 3.80. The van der Waals surface area contributed by atoms with Gasteiger partial charge in [0, 0.05) is 21.5 Å². The lowest BCUT2D eigenvalue weighted by atomic mass is 10.0. The molecule has 0 N–H and O–H groups in total. The molecule has 0 saturated carbocycles. The average Bonchev–Trinajstić information content (AvgIpc) is 3.04. The molecule has 0 spiro atoms. The van der Waals surface area contributed by atoms with Crippen molar-refractivity contribution in [2.24, 2.45) is 5.16 Å². The van der Waals surface area contributed by atoms with E-state index in [1.807, 2.05) is 61.5 Å². The van der Waals surface area contributed by atoms with Crippen LogP contribution < -0.4 is 0 Å². The lowest BCUT2D eigenvalue weighted by Gasteiger charge is -2.07. The first kappa shape index (κ1) is 18.3. The van der Waals surface area contributed by atoms with Gasteiger partial charge in [0.2, 0.25) is 0 Å². The van der Waals surface area contributed by atoms with Crippen molar-refractivity contribution in [2.75, 3.05) is 0 Å². The highest BCUT2D eigenvalue weighted by atomic mass is 35.5. The summed E-state index contributed by atoms with van der Waals surface area (Å²) in [4.78, 5) is 5.70. The minimum atomic E-state index is 0.353. The van der Waals surface area contributed by atoms with E-state index in [-0.39, 0.29) is 0 Å². The molecule has 0 unspecified atom stereocenters. The summed E-state index contributed by atoms with van der Waals surface area (Å²) >= 11 is 5.94. The van der Waals surface area contributed by atoms with Crippen LogP contribution in [0.15, 0.2) is 82.4 Å². The lowest BCUT2D eigenvalue weighted by Crippen LogP contribution is -2.05. The van der Waals surface area contributed by atoms with Crippen LogP contribution in [0, 0.1) is 13.8 Å². The molecule has 0 aliphatic carbocycles. The smallest absolute Gasteiger partial charge is 0.160 e. The summed E-state index contributed by atoms with van der Waals surface area (Å²) in [6, 6.07) is 23.7. The number of aryl methyl sites for hydroxylation is 2. The normalized spacial score (nSPS) is 11.8. The van der Waals surface area contributed by atoms with Gasteiger partial charge in [0.25, 0.3) is 0 Å². The van der Waals surface area contributed by atoms with E-state index in [1.54, 1.807) is 0 Å². The van der Waals surface area contributed by atoms with E-state index in [0.29, 0.717) is 17.3 Å². The summed E-state index contributed by atoms with van der Waals surface area (Å²) < 4.78 is 6.14. The fraction of sp³-hybridized carbons (Fsp3) is 0.125. The van der Waals surface area contributed by atoms with E-state index in [4.69, 9.17) is 20.9 Å². The molecule has 140 valence electrons. The summed E-state index contributed by atoms with van der Waals surface area (Å²) in [5.41, 5.74) is 5.70. The number of hydrogen-bond acceptors (Lipinski definition) is 3. The Labute approximate surface area is 169 Å². The van der Waals surface area contributed by atoms with Crippen LogP contribution in [-0.4, -0.2) is 5.71 Å². The SMILES string of the molecule is Cc1ccc(/C(=N\OCc2ccc(Cl)cc2)c2oc3ccccc3c2C)cc1. The highest BCUT2D eigenvalue weighted by Gasteiger charge is 2.18. The number of para-hydroxylation sites is 1. The Hall–Kier alpha value is -3.04. The molecule has 3 aromatic carbocycles. The first-order valence-electron chi connectivity index (χ1n) is 9.12. The molecule has 0 aliphatic heterocycles. The quantitative estimate of drug-likeness (QED) is 0.282. The van der Waals surface area contributed by atoms with Gasteiger partial charge in [-0.1, -0.05) is 76.9 Å². The summed E-state index contributed by atoms with van der Waals surface area (Å²) in [6.45, 7) is 4.46. The summed E-state index contributed by atoms with van der Waals surface area (Å²) in [6.07, 6.45) is 0. The molecule has 0 fully saturated rings. The van der Waals surface area contributed by atoms with E-state index < -0.39 is 0 Å². The number of rotatable bonds is 5. The Bertz CT molecular complexity index is 1130. The van der Waals surface area contributed by atoms with Crippen LogP contribution in [0.25, 0.3) is 11.0 Å². The molecule has 0 radical (unpaired) electrons. The van der Waals surface area contributed by atoms with Crippen LogP contribution in [0.3, 0.4) is 0 Å². The highest BCUT2D eigenvalue weighted by Crippen LogP contribution is 2.27.